The number of amides is 2. The van der Waals surface area contributed by atoms with E-state index >= 15 is 0 Å². The van der Waals surface area contributed by atoms with Crippen molar-refractivity contribution in [3.63, 3.8) is 0 Å². The maximum absolute atomic E-state index is 13.1. The summed E-state index contributed by atoms with van der Waals surface area (Å²) >= 11 is 0. The average Bonchev–Trinajstić information content (AvgIpc) is 3.20. The molecule has 2 saturated heterocycles. The molecule has 1 aromatic heterocycles. The van der Waals surface area contributed by atoms with E-state index < -0.39 is 18.1 Å². The quantitative estimate of drug-likeness (QED) is 0.807. The number of hydrogen-bond donors (Lipinski definition) is 0. The Labute approximate surface area is 160 Å². The highest BCUT2D eigenvalue weighted by molar-refractivity contribution is 5.95. The van der Waals surface area contributed by atoms with Gasteiger partial charge in [-0.3, -0.25) is 9.59 Å². The zero-order chi connectivity index (χ0) is 19.7. The van der Waals surface area contributed by atoms with Crippen molar-refractivity contribution in [2.24, 2.45) is 0 Å². The molecule has 148 valence electrons. The zero-order valence-electron chi connectivity index (χ0n) is 15.1. The average molecular weight is 390 g/mol. The second-order valence-electron chi connectivity index (χ2n) is 7.06. The number of benzene rings is 1. The van der Waals surface area contributed by atoms with Crippen molar-refractivity contribution in [3.05, 3.63) is 48.3 Å². The van der Waals surface area contributed by atoms with Crippen LogP contribution in [0.25, 0.3) is 0 Å². The Morgan fingerprint density at radius 1 is 1.18 bits per heavy atom. The number of carbonyl (C=O) groups excluding carboxylic acids is 2. The number of hydrogen-bond acceptors (Lipinski definition) is 4. The van der Waals surface area contributed by atoms with Gasteiger partial charge in [0.25, 0.3) is 11.8 Å². The lowest BCUT2D eigenvalue weighted by Crippen LogP contribution is -2.62. The van der Waals surface area contributed by atoms with Crippen molar-refractivity contribution in [2.45, 2.75) is 25.0 Å². The van der Waals surface area contributed by atoms with Gasteiger partial charge in [0.05, 0.1) is 13.1 Å². The Kier molecular flexibility index (Phi) is 4.84. The number of morpholine rings is 1. The van der Waals surface area contributed by atoms with Gasteiger partial charge in [-0.1, -0.05) is 18.2 Å². The number of piperidine rings is 1. The molecule has 0 saturated carbocycles. The molecular weight excluding hydrogens is 370 g/mol. The number of nitrogens with zero attached hydrogens (tertiary/aromatic N) is 4. The highest BCUT2D eigenvalue weighted by atomic mass is 19.3. The Morgan fingerprint density at radius 2 is 1.96 bits per heavy atom. The van der Waals surface area contributed by atoms with Crippen LogP contribution in [0.2, 0.25) is 0 Å². The number of ether oxygens (including phenoxy) is 1. The van der Waals surface area contributed by atoms with Crippen LogP contribution in [0.3, 0.4) is 0 Å². The van der Waals surface area contributed by atoms with Crippen molar-refractivity contribution < 1.29 is 23.1 Å². The van der Waals surface area contributed by atoms with E-state index in [1.165, 1.54) is 17.2 Å². The first-order valence-electron chi connectivity index (χ1n) is 9.09. The summed E-state index contributed by atoms with van der Waals surface area (Å²) < 4.78 is 32.5. The Morgan fingerprint density at radius 3 is 2.71 bits per heavy atom. The van der Waals surface area contributed by atoms with Gasteiger partial charge in [0.15, 0.2) is 0 Å². The fourth-order valence-electron chi connectivity index (χ4n) is 3.88. The van der Waals surface area contributed by atoms with E-state index in [9.17, 15) is 18.4 Å². The molecular formula is C19H20F2N4O3. The summed E-state index contributed by atoms with van der Waals surface area (Å²) in [7, 11) is 0. The largest absolute Gasteiger partial charge is 0.361 e. The number of rotatable bonds is 3. The van der Waals surface area contributed by atoms with Crippen LogP contribution < -0.4 is 4.90 Å². The maximum Gasteiger partial charge on any atom is 0.333 e. The number of carbonyl (C=O) groups is 2. The minimum Gasteiger partial charge on any atom is -0.361 e. The zero-order valence-corrected chi connectivity index (χ0v) is 15.1. The van der Waals surface area contributed by atoms with Gasteiger partial charge in [0, 0.05) is 18.4 Å². The van der Waals surface area contributed by atoms with Gasteiger partial charge < -0.3 is 14.5 Å². The first kappa shape index (κ1) is 18.5. The molecule has 1 spiro atoms. The first-order valence-corrected chi connectivity index (χ1v) is 9.09. The molecule has 0 aliphatic carbocycles. The second-order valence-corrected chi connectivity index (χ2v) is 7.06. The second kappa shape index (κ2) is 7.31. The van der Waals surface area contributed by atoms with E-state index in [1.807, 2.05) is 30.3 Å². The van der Waals surface area contributed by atoms with Crippen molar-refractivity contribution in [1.82, 2.24) is 14.7 Å². The predicted octanol–water partition coefficient (Wildman–Crippen LogP) is 2.32. The van der Waals surface area contributed by atoms with Crippen LogP contribution in [-0.2, 0) is 9.53 Å². The van der Waals surface area contributed by atoms with E-state index in [4.69, 9.17) is 4.74 Å². The smallest absolute Gasteiger partial charge is 0.333 e. The van der Waals surface area contributed by atoms with Crippen LogP contribution in [0.5, 0.6) is 0 Å². The van der Waals surface area contributed by atoms with Gasteiger partial charge in [0.1, 0.15) is 17.9 Å². The van der Waals surface area contributed by atoms with Gasteiger partial charge in [-0.2, -0.15) is 18.6 Å². The number of aromatic nitrogens is 2. The number of likely N-dealkylation sites (tertiary alicyclic amines) is 1. The summed E-state index contributed by atoms with van der Waals surface area (Å²) in [6.07, 6.45) is 2.53. The van der Waals surface area contributed by atoms with Crippen LogP contribution >= 0.6 is 0 Å². The van der Waals surface area contributed by atoms with E-state index in [-0.39, 0.29) is 24.8 Å². The van der Waals surface area contributed by atoms with Crippen molar-refractivity contribution in [2.75, 3.05) is 31.1 Å². The molecule has 2 amide bonds. The third-order valence-corrected chi connectivity index (χ3v) is 5.22. The van der Waals surface area contributed by atoms with E-state index in [1.54, 1.807) is 4.90 Å². The normalized spacial score (nSPS) is 22.9. The lowest BCUT2D eigenvalue weighted by Gasteiger charge is -2.47. The molecule has 1 atom stereocenters. The van der Waals surface area contributed by atoms with Gasteiger partial charge >= 0.3 is 6.55 Å². The molecule has 2 fully saturated rings. The van der Waals surface area contributed by atoms with E-state index in [0.717, 1.165) is 5.69 Å². The number of para-hydroxylation sites is 1. The molecule has 7 nitrogen and oxygen atoms in total. The molecule has 1 aromatic carbocycles. The summed E-state index contributed by atoms with van der Waals surface area (Å²) in [5.41, 5.74) is -0.0962. The van der Waals surface area contributed by atoms with Gasteiger partial charge in [-0.15, -0.1) is 0 Å². The molecule has 0 bridgehead atoms. The third-order valence-electron chi connectivity index (χ3n) is 5.22. The summed E-state index contributed by atoms with van der Waals surface area (Å²) in [5.74, 6) is -0.653. The SMILES string of the molecule is O=C(c1ccnn1C(F)F)N1CCCC2(C1)CN(c1ccccc1)C(=O)CO2. The minimum absolute atomic E-state index is 0.0775. The highest BCUT2D eigenvalue weighted by Gasteiger charge is 2.45. The molecule has 2 aliphatic rings. The predicted molar refractivity (Wildman–Crippen MR) is 96.1 cm³/mol. The monoisotopic (exact) mass is 390 g/mol. The molecule has 28 heavy (non-hydrogen) atoms. The van der Waals surface area contributed by atoms with Crippen LogP contribution in [0.4, 0.5) is 14.5 Å². The van der Waals surface area contributed by atoms with Gasteiger partial charge in [0.2, 0.25) is 0 Å². The lowest BCUT2D eigenvalue weighted by molar-refractivity contribution is -0.144. The summed E-state index contributed by atoms with van der Waals surface area (Å²) in [6.45, 7) is -1.97. The molecule has 0 N–H and O–H groups in total. The lowest BCUT2D eigenvalue weighted by atomic mass is 9.90. The minimum atomic E-state index is -2.88. The van der Waals surface area contributed by atoms with Crippen LogP contribution in [0.15, 0.2) is 42.6 Å². The first-order chi connectivity index (χ1) is 13.5. The number of alkyl halides is 2. The standard InChI is InChI=1S/C19H20F2N4O3/c20-18(21)25-15(7-9-22-25)17(27)23-10-4-8-19(12-23)13-24(16(26)11-28-19)14-5-2-1-3-6-14/h1-3,5-7,9,18H,4,8,10-13H2. The maximum atomic E-state index is 13.1. The molecule has 9 heteroatoms. The number of halogens is 2. The molecule has 0 radical (unpaired) electrons. The van der Waals surface area contributed by atoms with Crippen molar-refractivity contribution >= 4 is 17.5 Å². The van der Waals surface area contributed by atoms with Crippen LogP contribution in [0.1, 0.15) is 29.9 Å². The highest BCUT2D eigenvalue weighted by Crippen LogP contribution is 2.32. The summed E-state index contributed by atoms with van der Waals surface area (Å²) in [4.78, 5) is 28.4. The van der Waals surface area contributed by atoms with E-state index in [0.29, 0.717) is 30.6 Å². The Bertz CT molecular complexity index is 873. The molecule has 4 rings (SSSR count). The van der Waals surface area contributed by atoms with Gasteiger partial charge in [-0.05, 0) is 31.0 Å². The van der Waals surface area contributed by atoms with Crippen LogP contribution in [0, 0.1) is 0 Å². The Hall–Kier alpha value is -2.81. The van der Waals surface area contributed by atoms with Crippen LogP contribution in [-0.4, -0.2) is 58.3 Å². The van der Waals surface area contributed by atoms with Gasteiger partial charge in [-0.25, -0.2) is 0 Å². The fourth-order valence-corrected chi connectivity index (χ4v) is 3.88. The van der Waals surface area contributed by atoms with Crippen molar-refractivity contribution in [1.29, 1.82) is 0 Å². The Balaban J connectivity index is 1.55. The molecule has 1 unspecified atom stereocenters. The molecule has 2 aromatic rings. The third kappa shape index (κ3) is 3.37. The van der Waals surface area contributed by atoms with E-state index in [2.05, 4.69) is 5.10 Å². The summed E-state index contributed by atoms with van der Waals surface area (Å²) in [6, 6.07) is 10.6. The molecule has 3 heterocycles. The fraction of sp³-hybridized carbons (Fsp3) is 0.421. The number of anilines is 1. The topological polar surface area (TPSA) is 67.7 Å². The van der Waals surface area contributed by atoms with Crippen molar-refractivity contribution in [3.8, 4) is 0 Å². The summed E-state index contributed by atoms with van der Waals surface area (Å²) in [5, 5.41) is 3.53. The molecule has 2 aliphatic heterocycles.